The molecule has 120 valence electrons. The Hall–Kier alpha value is -2.51. The van der Waals surface area contributed by atoms with Crippen LogP contribution < -0.4 is 10.6 Å². The maximum atomic E-state index is 13.6. The molecular weight excluding hydrogens is 298 g/mol. The lowest BCUT2D eigenvalue weighted by molar-refractivity contribution is -0.149. The van der Waals surface area contributed by atoms with Crippen molar-refractivity contribution in [1.82, 2.24) is 0 Å². The van der Waals surface area contributed by atoms with E-state index in [-0.39, 0.29) is 11.4 Å². The Bertz CT molecular complexity index is 630. The summed E-state index contributed by atoms with van der Waals surface area (Å²) in [6.07, 6.45) is -0.394. The van der Waals surface area contributed by atoms with Gasteiger partial charge in [0.2, 0.25) is 11.8 Å². The van der Waals surface area contributed by atoms with E-state index in [0.717, 1.165) is 13.0 Å². The summed E-state index contributed by atoms with van der Waals surface area (Å²) in [7, 11) is 0. The molecule has 0 aliphatic rings. The van der Waals surface area contributed by atoms with Crippen molar-refractivity contribution in [3.8, 4) is 0 Å². The number of nitrogens with one attached hydrogen (secondary N) is 2. The summed E-state index contributed by atoms with van der Waals surface area (Å²) in [5.41, 5.74) is -1.97. The summed E-state index contributed by atoms with van der Waals surface area (Å²) in [5.74, 6) is -4.51. The van der Waals surface area contributed by atoms with Crippen molar-refractivity contribution in [3.63, 3.8) is 0 Å². The minimum atomic E-state index is -1.33. The van der Waals surface area contributed by atoms with Gasteiger partial charge in [-0.25, -0.2) is 8.78 Å². The smallest absolute Gasteiger partial charge is 0.309 e. The van der Waals surface area contributed by atoms with Crippen molar-refractivity contribution >= 4 is 29.2 Å². The molecule has 0 radical (unpaired) electrons. The van der Waals surface area contributed by atoms with E-state index in [1.54, 1.807) is 0 Å². The van der Waals surface area contributed by atoms with Crippen LogP contribution in [0.5, 0.6) is 0 Å². The van der Waals surface area contributed by atoms with Gasteiger partial charge in [0.15, 0.2) is 0 Å². The number of hydrogen-bond donors (Lipinski definition) is 3. The summed E-state index contributed by atoms with van der Waals surface area (Å²) in [5, 5.41) is 13.3. The van der Waals surface area contributed by atoms with Crippen molar-refractivity contribution < 1.29 is 28.3 Å². The maximum Gasteiger partial charge on any atom is 0.309 e. The molecule has 0 fully saturated rings. The molecule has 1 aromatic rings. The average molecular weight is 314 g/mol. The molecule has 22 heavy (non-hydrogen) atoms. The molecule has 6 nitrogen and oxygen atoms in total. The molecule has 0 atom stereocenters. The van der Waals surface area contributed by atoms with Gasteiger partial charge >= 0.3 is 5.97 Å². The third-order valence-electron chi connectivity index (χ3n) is 2.82. The zero-order valence-electron chi connectivity index (χ0n) is 12.3. The summed E-state index contributed by atoms with van der Waals surface area (Å²) < 4.78 is 27.1. The number of hydrogen-bond acceptors (Lipinski definition) is 3. The van der Waals surface area contributed by atoms with Gasteiger partial charge in [-0.1, -0.05) is 0 Å². The Labute approximate surface area is 125 Å². The van der Waals surface area contributed by atoms with Crippen molar-refractivity contribution in [2.45, 2.75) is 27.2 Å². The van der Waals surface area contributed by atoms with E-state index in [1.807, 2.05) is 0 Å². The van der Waals surface area contributed by atoms with Gasteiger partial charge in [-0.3, -0.25) is 14.4 Å². The molecule has 3 N–H and O–H groups in total. The number of aliphatic carboxylic acids is 1. The number of anilines is 2. The number of amides is 2. The van der Waals surface area contributed by atoms with Crippen LogP contribution >= 0.6 is 0 Å². The minimum Gasteiger partial charge on any atom is -0.481 e. The predicted molar refractivity (Wildman–Crippen MR) is 75.3 cm³/mol. The molecule has 1 rings (SSSR count). The summed E-state index contributed by atoms with van der Waals surface area (Å²) in [4.78, 5) is 33.6. The molecular formula is C14H16F2N2O4. The lowest BCUT2D eigenvalue weighted by Crippen LogP contribution is -2.29. The van der Waals surface area contributed by atoms with Crippen LogP contribution in [0.4, 0.5) is 20.2 Å². The van der Waals surface area contributed by atoms with Crippen molar-refractivity contribution in [2.24, 2.45) is 5.41 Å². The molecule has 0 heterocycles. The molecule has 1 aromatic carbocycles. The van der Waals surface area contributed by atoms with Crippen LogP contribution in [0.2, 0.25) is 0 Å². The van der Waals surface area contributed by atoms with Crippen molar-refractivity contribution in [2.75, 3.05) is 10.6 Å². The zero-order chi connectivity index (χ0) is 17.1. The molecule has 0 saturated heterocycles. The predicted octanol–water partition coefficient (Wildman–Crippen LogP) is 2.36. The largest absolute Gasteiger partial charge is 0.481 e. The first-order valence-electron chi connectivity index (χ1n) is 6.33. The average Bonchev–Trinajstić information content (AvgIpc) is 2.33. The number of halogens is 2. The molecule has 0 aromatic heterocycles. The van der Waals surface area contributed by atoms with E-state index in [4.69, 9.17) is 5.11 Å². The molecule has 8 heteroatoms. The lowest BCUT2D eigenvalue weighted by Gasteiger charge is -2.18. The molecule has 0 aliphatic carbocycles. The molecule has 0 saturated carbocycles. The molecule has 0 aliphatic heterocycles. The van der Waals surface area contributed by atoms with E-state index in [9.17, 15) is 23.2 Å². The molecule has 0 spiro atoms. The van der Waals surface area contributed by atoms with E-state index >= 15 is 0 Å². The normalized spacial score (nSPS) is 11.0. The van der Waals surface area contributed by atoms with E-state index in [1.165, 1.54) is 13.8 Å². The first-order valence-corrected chi connectivity index (χ1v) is 6.33. The molecule has 2 amide bonds. The van der Waals surface area contributed by atoms with Crippen LogP contribution in [-0.2, 0) is 14.4 Å². The quantitative estimate of drug-likeness (QED) is 0.777. The van der Waals surface area contributed by atoms with Crippen LogP contribution in [0, 0.1) is 17.0 Å². The van der Waals surface area contributed by atoms with Gasteiger partial charge in [0.25, 0.3) is 0 Å². The van der Waals surface area contributed by atoms with E-state index < -0.39 is 41.3 Å². The Balaban J connectivity index is 2.95. The van der Waals surface area contributed by atoms with Crippen molar-refractivity contribution in [1.29, 1.82) is 0 Å². The highest BCUT2D eigenvalue weighted by molar-refractivity contribution is 5.95. The molecule has 0 unspecified atom stereocenters. The number of carboxylic acids is 1. The second kappa shape index (κ2) is 6.50. The van der Waals surface area contributed by atoms with Gasteiger partial charge in [-0.05, 0) is 19.9 Å². The van der Waals surface area contributed by atoms with Gasteiger partial charge in [0.1, 0.15) is 11.6 Å². The monoisotopic (exact) mass is 314 g/mol. The lowest BCUT2D eigenvalue weighted by atomic mass is 9.89. The Morgan fingerprint density at radius 3 is 2.05 bits per heavy atom. The Kier molecular flexibility index (Phi) is 5.19. The summed E-state index contributed by atoms with van der Waals surface area (Å²) in [6.45, 7) is 3.84. The molecule has 0 bridgehead atoms. The third-order valence-corrected chi connectivity index (χ3v) is 2.82. The van der Waals surface area contributed by atoms with Gasteiger partial charge in [-0.15, -0.1) is 0 Å². The second-order valence-electron chi connectivity index (χ2n) is 5.41. The highest BCUT2D eigenvalue weighted by atomic mass is 19.1. The van der Waals surface area contributed by atoms with Gasteiger partial charge in [0.05, 0.1) is 16.8 Å². The van der Waals surface area contributed by atoms with Crippen LogP contribution in [0.1, 0.15) is 27.2 Å². The second-order valence-corrected chi connectivity index (χ2v) is 5.41. The standard InChI is InChI=1S/C14H16F2N2O4/c1-7(19)17-10-5-11(9(16)4-8(10)15)18-12(20)6-14(2,3)13(21)22/h4-5H,6H2,1-3H3,(H,17,19)(H,18,20)(H,21,22). The summed E-state index contributed by atoms with van der Waals surface area (Å²) in [6, 6.07) is 1.45. The fraction of sp³-hybridized carbons (Fsp3) is 0.357. The number of carbonyl (C=O) groups excluding carboxylic acids is 2. The van der Waals surface area contributed by atoms with Crippen LogP contribution in [0.3, 0.4) is 0 Å². The van der Waals surface area contributed by atoms with Crippen LogP contribution in [-0.4, -0.2) is 22.9 Å². The minimum absolute atomic E-state index is 0.290. The Morgan fingerprint density at radius 2 is 1.59 bits per heavy atom. The number of carboxylic acid groups (broad SMARTS) is 1. The first kappa shape index (κ1) is 17.5. The number of carbonyl (C=O) groups is 3. The van der Waals surface area contributed by atoms with Crippen LogP contribution in [0.15, 0.2) is 12.1 Å². The SMILES string of the molecule is CC(=O)Nc1cc(NC(=O)CC(C)(C)C(=O)O)c(F)cc1F. The number of rotatable bonds is 5. The summed E-state index contributed by atoms with van der Waals surface area (Å²) >= 11 is 0. The highest BCUT2D eigenvalue weighted by Gasteiger charge is 2.30. The van der Waals surface area contributed by atoms with E-state index in [2.05, 4.69) is 10.6 Å². The topological polar surface area (TPSA) is 95.5 Å². The van der Waals surface area contributed by atoms with Crippen LogP contribution in [0.25, 0.3) is 0 Å². The fourth-order valence-corrected chi connectivity index (χ4v) is 1.60. The highest BCUT2D eigenvalue weighted by Crippen LogP contribution is 2.25. The number of benzene rings is 1. The van der Waals surface area contributed by atoms with E-state index in [0.29, 0.717) is 6.07 Å². The fourth-order valence-electron chi connectivity index (χ4n) is 1.60. The third kappa shape index (κ3) is 4.51. The first-order chi connectivity index (χ1) is 10.0. The Morgan fingerprint density at radius 1 is 1.09 bits per heavy atom. The van der Waals surface area contributed by atoms with Crippen molar-refractivity contribution in [3.05, 3.63) is 23.8 Å². The zero-order valence-corrected chi connectivity index (χ0v) is 12.3. The van der Waals surface area contributed by atoms with Gasteiger partial charge in [0, 0.05) is 19.4 Å². The van der Waals surface area contributed by atoms with Gasteiger partial charge in [-0.2, -0.15) is 0 Å². The van der Waals surface area contributed by atoms with Gasteiger partial charge < -0.3 is 15.7 Å². The maximum absolute atomic E-state index is 13.6.